The summed E-state index contributed by atoms with van der Waals surface area (Å²) in [6.45, 7) is 7.39. The minimum Gasteiger partial charge on any atom is -0.459 e. The third kappa shape index (κ3) is 5.60. The number of carbonyl (C=O) groups is 4. The summed E-state index contributed by atoms with van der Waals surface area (Å²) in [5.41, 5.74) is 4.13. The summed E-state index contributed by atoms with van der Waals surface area (Å²) in [6, 6.07) is 18.1. The molecule has 194 valence electrons. The molecule has 0 unspecified atom stereocenters. The maximum Gasteiger partial charge on any atom is 0.338 e. The van der Waals surface area contributed by atoms with E-state index in [2.05, 4.69) is 10.6 Å². The fraction of sp³-hybridized carbons (Fsp3) is 0.172. The number of anilines is 3. The molecule has 2 N–H and O–H groups in total. The maximum atomic E-state index is 13.1. The molecule has 0 saturated heterocycles. The van der Waals surface area contributed by atoms with Gasteiger partial charge in [-0.1, -0.05) is 29.3 Å². The number of esters is 1. The number of nitrogens with one attached hydrogen (secondary N) is 2. The molecule has 8 nitrogen and oxygen atoms in total. The Morgan fingerprint density at radius 2 is 1.50 bits per heavy atom. The highest BCUT2D eigenvalue weighted by molar-refractivity contribution is 6.53. The molecule has 0 aliphatic carbocycles. The lowest BCUT2D eigenvalue weighted by Crippen LogP contribution is -2.32. The van der Waals surface area contributed by atoms with Gasteiger partial charge >= 0.3 is 5.97 Å². The van der Waals surface area contributed by atoms with Crippen molar-refractivity contribution in [3.63, 3.8) is 0 Å². The Kier molecular flexibility index (Phi) is 7.64. The maximum absolute atomic E-state index is 13.1. The number of hydrogen-bond acceptors (Lipinski definition) is 6. The van der Waals surface area contributed by atoms with Gasteiger partial charge < -0.3 is 15.4 Å². The van der Waals surface area contributed by atoms with E-state index in [1.54, 1.807) is 38.1 Å². The number of benzene rings is 3. The van der Waals surface area contributed by atoms with Crippen LogP contribution >= 0.6 is 11.6 Å². The van der Waals surface area contributed by atoms with Gasteiger partial charge in [0.15, 0.2) is 0 Å². The summed E-state index contributed by atoms with van der Waals surface area (Å²) in [7, 11) is 0. The van der Waals surface area contributed by atoms with Crippen LogP contribution in [0.1, 0.15) is 45.7 Å². The fourth-order valence-electron chi connectivity index (χ4n) is 3.87. The van der Waals surface area contributed by atoms with Crippen molar-refractivity contribution < 1.29 is 23.9 Å². The van der Waals surface area contributed by atoms with E-state index in [4.69, 9.17) is 16.3 Å². The van der Waals surface area contributed by atoms with Gasteiger partial charge in [-0.05, 0) is 87.9 Å². The standard InChI is InChI=1S/C29H26ClN3O5/c1-16(2)38-29(37)20-8-12-22(13-9-20)33-27(35)24(30)25(28(33)36)31-21-10-6-19(7-11-21)26(34)32-23-14-5-17(3)15-18(23)4/h5-16,31H,1-4H3,(H,32,34). The van der Waals surface area contributed by atoms with Gasteiger partial charge in [0.1, 0.15) is 10.7 Å². The molecule has 0 aromatic heterocycles. The number of hydrogen-bond donors (Lipinski definition) is 2. The molecule has 38 heavy (non-hydrogen) atoms. The molecule has 0 bridgehead atoms. The van der Waals surface area contributed by atoms with Crippen LogP contribution in [0.15, 0.2) is 77.5 Å². The van der Waals surface area contributed by atoms with E-state index in [0.29, 0.717) is 16.8 Å². The van der Waals surface area contributed by atoms with Crippen LogP contribution in [-0.4, -0.2) is 29.8 Å². The lowest BCUT2D eigenvalue weighted by atomic mass is 10.1. The number of nitrogens with zero attached hydrogens (tertiary/aromatic N) is 1. The molecule has 1 aliphatic rings. The number of carbonyl (C=O) groups excluding carboxylic acids is 4. The van der Waals surface area contributed by atoms with E-state index < -0.39 is 17.8 Å². The first-order chi connectivity index (χ1) is 18.0. The first-order valence-corrected chi connectivity index (χ1v) is 12.3. The van der Waals surface area contributed by atoms with Gasteiger partial charge in [-0.2, -0.15) is 0 Å². The van der Waals surface area contributed by atoms with E-state index in [0.717, 1.165) is 21.7 Å². The molecule has 1 aliphatic heterocycles. The van der Waals surface area contributed by atoms with Gasteiger partial charge in [-0.3, -0.25) is 14.4 Å². The topological polar surface area (TPSA) is 105 Å². The molecule has 0 fully saturated rings. The number of aryl methyl sites for hydroxylation is 2. The van der Waals surface area contributed by atoms with Crippen LogP contribution in [0.2, 0.25) is 0 Å². The van der Waals surface area contributed by atoms with E-state index in [9.17, 15) is 19.2 Å². The Morgan fingerprint density at radius 1 is 0.868 bits per heavy atom. The van der Waals surface area contributed by atoms with Crippen molar-refractivity contribution in [1.29, 1.82) is 0 Å². The largest absolute Gasteiger partial charge is 0.459 e. The molecule has 0 radical (unpaired) electrons. The van der Waals surface area contributed by atoms with Gasteiger partial charge in [0.05, 0.1) is 17.4 Å². The minimum absolute atomic E-state index is 0.0903. The zero-order chi connectivity index (χ0) is 27.6. The van der Waals surface area contributed by atoms with Crippen molar-refractivity contribution in [3.8, 4) is 0 Å². The number of amides is 3. The summed E-state index contributed by atoms with van der Waals surface area (Å²) in [5.74, 6) is -2.12. The number of imide groups is 1. The molecule has 3 aromatic rings. The van der Waals surface area contributed by atoms with Crippen molar-refractivity contribution in [1.82, 2.24) is 0 Å². The average Bonchev–Trinajstić information content (AvgIpc) is 3.08. The quantitative estimate of drug-likeness (QED) is 0.305. The molecule has 3 amide bonds. The summed E-state index contributed by atoms with van der Waals surface area (Å²) in [5, 5.41) is 5.50. The Balaban J connectivity index is 1.45. The van der Waals surface area contributed by atoms with Crippen LogP contribution in [0.5, 0.6) is 0 Å². The molecular formula is C29H26ClN3O5. The first kappa shape index (κ1) is 26.6. The Labute approximate surface area is 225 Å². The van der Waals surface area contributed by atoms with Crippen molar-refractivity contribution in [3.05, 3.63) is 99.7 Å². The second-order valence-electron chi connectivity index (χ2n) is 9.11. The summed E-state index contributed by atoms with van der Waals surface area (Å²) in [4.78, 5) is 51.5. The highest BCUT2D eigenvalue weighted by Crippen LogP contribution is 2.30. The van der Waals surface area contributed by atoms with E-state index in [1.165, 1.54) is 24.3 Å². The Hall–Kier alpha value is -4.43. The molecule has 9 heteroatoms. The van der Waals surface area contributed by atoms with E-state index in [1.807, 2.05) is 32.0 Å². The van der Waals surface area contributed by atoms with Crippen molar-refractivity contribution in [2.45, 2.75) is 33.8 Å². The molecular weight excluding hydrogens is 506 g/mol. The highest BCUT2D eigenvalue weighted by atomic mass is 35.5. The van der Waals surface area contributed by atoms with Crippen LogP contribution < -0.4 is 15.5 Å². The van der Waals surface area contributed by atoms with Crippen LogP contribution in [0.25, 0.3) is 0 Å². The smallest absolute Gasteiger partial charge is 0.338 e. The third-order valence-electron chi connectivity index (χ3n) is 5.78. The van der Waals surface area contributed by atoms with Crippen molar-refractivity contribution >= 4 is 52.4 Å². The second kappa shape index (κ2) is 10.9. The van der Waals surface area contributed by atoms with Gasteiger partial charge in [-0.25, -0.2) is 9.69 Å². The van der Waals surface area contributed by atoms with Gasteiger partial charge in [-0.15, -0.1) is 0 Å². The lowest BCUT2D eigenvalue weighted by molar-refractivity contribution is -0.120. The van der Waals surface area contributed by atoms with Gasteiger partial charge in [0.25, 0.3) is 17.7 Å². The number of halogens is 1. The van der Waals surface area contributed by atoms with Crippen molar-refractivity contribution in [2.24, 2.45) is 0 Å². The molecule has 4 rings (SSSR count). The molecule has 1 heterocycles. The average molecular weight is 532 g/mol. The van der Waals surface area contributed by atoms with Gasteiger partial charge in [0.2, 0.25) is 0 Å². The summed E-state index contributed by atoms with van der Waals surface area (Å²) in [6.07, 6.45) is -0.276. The third-order valence-corrected chi connectivity index (χ3v) is 6.13. The first-order valence-electron chi connectivity index (χ1n) is 11.9. The number of ether oxygens (including phenoxy) is 1. The molecule has 0 atom stereocenters. The highest BCUT2D eigenvalue weighted by Gasteiger charge is 2.39. The fourth-order valence-corrected chi connectivity index (χ4v) is 4.08. The van der Waals surface area contributed by atoms with Crippen LogP contribution in [0.4, 0.5) is 17.1 Å². The minimum atomic E-state index is -0.693. The van der Waals surface area contributed by atoms with Crippen LogP contribution in [0, 0.1) is 13.8 Å². The van der Waals surface area contributed by atoms with E-state index >= 15 is 0 Å². The SMILES string of the molecule is Cc1ccc(NC(=O)c2ccc(NC3=C(Cl)C(=O)N(c4ccc(C(=O)OC(C)C)cc4)C3=O)cc2)c(C)c1. The normalized spacial score (nSPS) is 13.3. The Morgan fingerprint density at radius 3 is 2.11 bits per heavy atom. The lowest BCUT2D eigenvalue weighted by Gasteiger charge is -2.16. The zero-order valence-corrected chi connectivity index (χ0v) is 22.1. The van der Waals surface area contributed by atoms with Gasteiger partial charge in [0, 0.05) is 16.9 Å². The van der Waals surface area contributed by atoms with Crippen LogP contribution in [0.3, 0.4) is 0 Å². The van der Waals surface area contributed by atoms with E-state index in [-0.39, 0.29) is 28.4 Å². The predicted molar refractivity (Wildman–Crippen MR) is 146 cm³/mol. The summed E-state index contributed by atoms with van der Waals surface area (Å²) < 4.78 is 5.16. The van der Waals surface area contributed by atoms with Crippen molar-refractivity contribution in [2.75, 3.05) is 15.5 Å². The Bertz CT molecular complexity index is 1460. The molecule has 0 spiro atoms. The monoisotopic (exact) mass is 531 g/mol. The zero-order valence-electron chi connectivity index (χ0n) is 21.3. The second-order valence-corrected chi connectivity index (χ2v) is 9.49. The predicted octanol–water partition coefficient (Wildman–Crippen LogP) is 5.56. The molecule has 0 saturated carbocycles. The number of rotatable bonds is 7. The summed E-state index contributed by atoms with van der Waals surface area (Å²) >= 11 is 6.22. The molecule has 3 aromatic carbocycles. The van der Waals surface area contributed by atoms with Crippen LogP contribution in [-0.2, 0) is 14.3 Å².